The summed E-state index contributed by atoms with van der Waals surface area (Å²) in [7, 11) is 0. The van der Waals surface area contributed by atoms with Crippen LogP contribution in [0.4, 0.5) is 26.3 Å². The lowest BCUT2D eigenvalue weighted by atomic mass is 9.97. The molecule has 0 amide bonds. The van der Waals surface area contributed by atoms with Gasteiger partial charge >= 0.3 is 12.4 Å². The summed E-state index contributed by atoms with van der Waals surface area (Å²) in [6, 6.07) is 3.85. The smallest absolute Gasteiger partial charge is 0.245 e. The third-order valence-corrected chi connectivity index (χ3v) is 2.90. The second-order valence-corrected chi connectivity index (χ2v) is 4.51. The van der Waals surface area contributed by atoms with Gasteiger partial charge in [0.25, 0.3) is 0 Å². The van der Waals surface area contributed by atoms with Gasteiger partial charge in [0.2, 0.25) is 0 Å². The normalized spacial score (nSPS) is 12.5. The van der Waals surface area contributed by atoms with Crippen LogP contribution >= 0.6 is 11.6 Å². The first-order chi connectivity index (χ1) is 9.59. The fourth-order valence-corrected chi connectivity index (χ4v) is 1.95. The second-order valence-electron chi connectivity index (χ2n) is 4.12. The van der Waals surface area contributed by atoms with Crippen molar-refractivity contribution in [1.82, 2.24) is 4.98 Å². The number of rotatable bonds is 1. The van der Waals surface area contributed by atoms with Gasteiger partial charge in [-0.1, -0.05) is 17.7 Å². The zero-order valence-corrected chi connectivity index (χ0v) is 10.8. The predicted molar refractivity (Wildman–Crippen MR) is 64.7 cm³/mol. The molecule has 1 aromatic heterocycles. The van der Waals surface area contributed by atoms with Crippen LogP contribution in [0.2, 0.25) is 5.15 Å². The molecule has 1 nitrogen and oxygen atoms in total. The van der Waals surface area contributed by atoms with Gasteiger partial charge in [-0.15, -0.1) is 0 Å². The first-order valence-electron chi connectivity index (χ1n) is 5.49. The third kappa shape index (κ3) is 3.47. The molecule has 2 rings (SSSR count). The summed E-state index contributed by atoms with van der Waals surface area (Å²) in [5.41, 5.74) is -3.09. The molecule has 0 saturated carbocycles. The molecule has 8 heteroatoms. The summed E-state index contributed by atoms with van der Waals surface area (Å²) in [6.07, 6.45) is -8.60. The van der Waals surface area contributed by atoms with Crippen LogP contribution in [0.5, 0.6) is 0 Å². The van der Waals surface area contributed by atoms with Crippen LogP contribution in [0, 0.1) is 0 Å². The largest absolute Gasteiger partial charge is 0.417 e. The Bertz CT molecular complexity index is 662. The molecule has 0 aliphatic rings. The Morgan fingerprint density at radius 2 is 1.52 bits per heavy atom. The second kappa shape index (κ2) is 5.22. The van der Waals surface area contributed by atoms with Crippen LogP contribution in [0.1, 0.15) is 11.1 Å². The minimum absolute atomic E-state index is 0.0380. The van der Waals surface area contributed by atoms with Gasteiger partial charge in [0.15, 0.2) is 0 Å². The summed E-state index contributed by atoms with van der Waals surface area (Å²) in [5.74, 6) is 0. The van der Waals surface area contributed by atoms with Gasteiger partial charge in [0.05, 0.1) is 11.1 Å². The molecule has 1 aromatic carbocycles. The highest BCUT2D eigenvalue weighted by Gasteiger charge is 2.38. The molecule has 0 spiro atoms. The maximum absolute atomic E-state index is 13.0. The molecule has 112 valence electrons. The average molecular weight is 326 g/mol. The quantitative estimate of drug-likeness (QED) is 0.502. The van der Waals surface area contributed by atoms with Crippen molar-refractivity contribution in [3.8, 4) is 11.1 Å². The molecule has 0 fully saturated rings. The van der Waals surface area contributed by atoms with Crippen molar-refractivity contribution in [2.24, 2.45) is 0 Å². The molecule has 2 aromatic rings. The fourth-order valence-electron chi connectivity index (χ4n) is 1.78. The zero-order valence-electron chi connectivity index (χ0n) is 10.1. The highest BCUT2D eigenvalue weighted by atomic mass is 35.5. The molecule has 0 N–H and O–H groups in total. The summed E-state index contributed by atoms with van der Waals surface area (Å²) in [6.45, 7) is 0. The Balaban J connectivity index is 2.67. The van der Waals surface area contributed by atoms with E-state index in [1.54, 1.807) is 0 Å². The van der Waals surface area contributed by atoms with E-state index in [0.29, 0.717) is 6.07 Å². The monoisotopic (exact) mass is 325 g/mol. The molecular formula is C13H6ClF6N. The van der Waals surface area contributed by atoms with E-state index in [0.717, 1.165) is 12.1 Å². The Morgan fingerprint density at radius 1 is 0.857 bits per heavy atom. The Kier molecular flexibility index (Phi) is 3.88. The summed E-state index contributed by atoms with van der Waals surface area (Å²) < 4.78 is 76.6. The van der Waals surface area contributed by atoms with Gasteiger partial charge < -0.3 is 0 Å². The molecule has 0 saturated heterocycles. The van der Waals surface area contributed by atoms with E-state index in [9.17, 15) is 26.3 Å². The topological polar surface area (TPSA) is 12.9 Å². The number of hydrogen-bond acceptors (Lipinski definition) is 1. The number of nitrogens with zero attached hydrogens (tertiary/aromatic N) is 1. The van der Waals surface area contributed by atoms with Crippen molar-refractivity contribution in [3.05, 3.63) is 52.8 Å². The van der Waals surface area contributed by atoms with Gasteiger partial charge in [-0.05, 0) is 35.4 Å². The standard InChI is InChI=1S/C13H6ClF6N/c14-11-5-7(3-4-21-11)9-2-1-8(12(15,16)17)6-10(9)13(18,19)20/h1-6H. The number of benzene rings is 1. The summed E-state index contributed by atoms with van der Waals surface area (Å²) >= 11 is 5.59. The van der Waals surface area contributed by atoms with E-state index in [-0.39, 0.29) is 22.3 Å². The van der Waals surface area contributed by atoms with Crippen molar-refractivity contribution >= 4 is 11.6 Å². The SMILES string of the molecule is FC(F)(F)c1ccc(-c2ccnc(Cl)c2)c(C(F)(F)F)c1. The lowest BCUT2D eigenvalue weighted by Crippen LogP contribution is -2.12. The van der Waals surface area contributed by atoms with Crippen LogP contribution in [0.3, 0.4) is 0 Å². The Hall–Kier alpha value is -1.76. The number of hydrogen-bond donors (Lipinski definition) is 0. The van der Waals surface area contributed by atoms with Gasteiger partial charge in [0.1, 0.15) is 5.15 Å². The maximum Gasteiger partial charge on any atom is 0.417 e. The molecule has 0 aliphatic heterocycles. The van der Waals surface area contributed by atoms with E-state index in [4.69, 9.17) is 11.6 Å². The molecule has 0 atom stereocenters. The highest BCUT2D eigenvalue weighted by Crippen LogP contribution is 2.41. The van der Waals surface area contributed by atoms with Gasteiger partial charge in [-0.25, -0.2) is 4.98 Å². The van der Waals surface area contributed by atoms with E-state index in [1.807, 2.05) is 0 Å². The highest BCUT2D eigenvalue weighted by molar-refractivity contribution is 6.29. The predicted octanol–water partition coefficient (Wildman–Crippen LogP) is 5.44. The minimum atomic E-state index is -4.92. The van der Waals surface area contributed by atoms with E-state index in [2.05, 4.69) is 4.98 Å². The van der Waals surface area contributed by atoms with Crippen molar-refractivity contribution in [1.29, 1.82) is 0 Å². The first kappa shape index (κ1) is 15.6. The van der Waals surface area contributed by atoms with Crippen molar-refractivity contribution < 1.29 is 26.3 Å². The minimum Gasteiger partial charge on any atom is -0.245 e. The Morgan fingerprint density at radius 3 is 2.05 bits per heavy atom. The molecule has 0 bridgehead atoms. The average Bonchev–Trinajstić information content (AvgIpc) is 2.36. The first-order valence-corrected chi connectivity index (χ1v) is 5.87. The van der Waals surface area contributed by atoms with Crippen LogP contribution < -0.4 is 0 Å². The van der Waals surface area contributed by atoms with Crippen LogP contribution in [-0.4, -0.2) is 4.98 Å². The molecule has 0 unspecified atom stereocenters. The summed E-state index contributed by atoms with van der Waals surface area (Å²) in [5, 5.41) is -0.0551. The van der Waals surface area contributed by atoms with Crippen LogP contribution in [0.15, 0.2) is 36.5 Å². The molecule has 1 heterocycles. The molecular weight excluding hydrogens is 320 g/mol. The molecule has 0 radical (unpaired) electrons. The van der Waals surface area contributed by atoms with E-state index in [1.165, 1.54) is 12.3 Å². The number of pyridine rings is 1. The lowest BCUT2D eigenvalue weighted by molar-refractivity contribution is -0.142. The fraction of sp³-hybridized carbons (Fsp3) is 0.154. The number of halogens is 7. The van der Waals surface area contributed by atoms with E-state index < -0.39 is 23.5 Å². The summed E-state index contributed by atoms with van der Waals surface area (Å²) in [4.78, 5) is 3.62. The van der Waals surface area contributed by atoms with Crippen molar-refractivity contribution in [2.45, 2.75) is 12.4 Å². The van der Waals surface area contributed by atoms with Gasteiger partial charge in [-0.3, -0.25) is 0 Å². The van der Waals surface area contributed by atoms with Crippen LogP contribution in [-0.2, 0) is 12.4 Å². The Labute approximate surface area is 120 Å². The number of aromatic nitrogens is 1. The maximum atomic E-state index is 13.0. The van der Waals surface area contributed by atoms with Gasteiger partial charge in [0, 0.05) is 6.20 Å². The number of alkyl halides is 6. The van der Waals surface area contributed by atoms with E-state index >= 15 is 0 Å². The zero-order chi connectivity index (χ0) is 15.8. The van der Waals surface area contributed by atoms with Crippen molar-refractivity contribution in [2.75, 3.05) is 0 Å². The van der Waals surface area contributed by atoms with Gasteiger partial charge in [-0.2, -0.15) is 26.3 Å². The third-order valence-electron chi connectivity index (χ3n) is 2.69. The van der Waals surface area contributed by atoms with Crippen LogP contribution in [0.25, 0.3) is 11.1 Å². The molecule has 0 aliphatic carbocycles. The molecule has 21 heavy (non-hydrogen) atoms. The van der Waals surface area contributed by atoms with Crippen molar-refractivity contribution in [3.63, 3.8) is 0 Å². The lowest BCUT2D eigenvalue weighted by Gasteiger charge is -2.16.